The van der Waals surface area contributed by atoms with Crippen LogP contribution < -0.4 is 10.6 Å². The standard InChI is InChI=1S/C14H18ClN3O/c1-4-9(2)17-14(19)10(3)18-13-7-11(8-16)5-6-12(13)15/h5-7,9-10,18H,4H2,1-3H3,(H,17,19). The van der Waals surface area contributed by atoms with Gasteiger partial charge in [-0.05, 0) is 38.5 Å². The number of halogens is 1. The number of anilines is 1. The van der Waals surface area contributed by atoms with Crippen molar-refractivity contribution in [3.63, 3.8) is 0 Å². The number of rotatable bonds is 5. The van der Waals surface area contributed by atoms with Gasteiger partial charge in [-0.25, -0.2) is 0 Å². The molecule has 4 nitrogen and oxygen atoms in total. The zero-order valence-electron chi connectivity index (χ0n) is 11.3. The molecule has 0 saturated heterocycles. The summed E-state index contributed by atoms with van der Waals surface area (Å²) >= 11 is 6.03. The number of carbonyl (C=O) groups excluding carboxylic acids is 1. The molecule has 0 saturated carbocycles. The number of hydrogen-bond donors (Lipinski definition) is 2. The molecule has 0 bridgehead atoms. The topological polar surface area (TPSA) is 64.9 Å². The molecule has 1 amide bonds. The van der Waals surface area contributed by atoms with E-state index in [1.807, 2.05) is 19.9 Å². The Labute approximate surface area is 118 Å². The van der Waals surface area contributed by atoms with Gasteiger partial charge < -0.3 is 10.6 Å². The highest BCUT2D eigenvalue weighted by molar-refractivity contribution is 6.33. The van der Waals surface area contributed by atoms with Crippen molar-refractivity contribution in [3.8, 4) is 6.07 Å². The van der Waals surface area contributed by atoms with Crippen LogP contribution in [0.5, 0.6) is 0 Å². The van der Waals surface area contributed by atoms with Crippen LogP contribution in [-0.4, -0.2) is 18.0 Å². The molecule has 0 fully saturated rings. The highest BCUT2D eigenvalue weighted by Crippen LogP contribution is 2.23. The number of nitrogens with one attached hydrogen (secondary N) is 2. The molecule has 0 radical (unpaired) electrons. The Bertz CT molecular complexity index is 496. The maximum atomic E-state index is 11.9. The van der Waals surface area contributed by atoms with Crippen molar-refractivity contribution in [2.24, 2.45) is 0 Å². The van der Waals surface area contributed by atoms with Crippen LogP contribution in [0.15, 0.2) is 18.2 Å². The van der Waals surface area contributed by atoms with Crippen LogP contribution in [0.1, 0.15) is 32.8 Å². The van der Waals surface area contributed by atoms with Crippen molar-refractivity contribution in [3.05, 3.63) is 28.8 Å². The highest BCUT2D eigenvalue weighted by atomic mass is 35.5. The van der Waals surface area contributed by atoms with Crippen LogP contribution in [0.2, 0.25) is 5.02 Å². The molecule has 1 aromatic carbocycles. The van der Waals surface area contributed by atoms with E-state index in [0.29, 0.717) is 16.3 Å². The van der Waals surface area contributed by atoms with Gasteiger partial charge in [0.05, 0.1) is 22.3 Å². The first-order valence-corrected chi connectivity index (χ1v) is 6.62. The lowest BCUT2D eigenvalue weighted by atomic mass is 10.2. The fraction of sp³-hybridized carbons (Fsp3) is 0.429. The molecule has 0 aliphatic rings. The summed E-state index contributed by atoms with van der Waals surface area (Å²) in [7, 11) is 0. The Morgan fingerprint density at radius 3 is 2.74 bits per heavy atom. The molecule has 1 aromatic rings. The first-order chi connectivity index (χ1) is 8.97. The Morgan fingerprint density at radius 1 is 1.47 bits per heavy atom. The summed E-state index contributed by atoms with van der Waals surface area (Å²) in [5.41, 5.74) is 1.09. The molecule has 0 aliphatic carbocycles. The van der Waals surface area contributed by atoms with Gasteiger partial charge in [0.1, 0.15) is 6.04 Å². The normalized spacial score (nSPS) is 13.2. The summed E-state index contributed by atoms with van der Waals surface area (Å²) < 4.78 is 0. The molecule has 0 heterocycles. The molecule has 0 aromatic heterocycles. The summed E-state index contributed by atoms with van der Waals surface area (Å²) in [5.74, 6) is -0.0900. The zero-order chi connectivity index (χ0) is 14.4. The second-order valence-corrected chi connectivity index (χ2v) is 4.90. The fourth-order valence-corrected chi connectivity index (χ4v) is 1.65. The van der Waals surface area contributed by atoms with Gasteiger partial charge in [0.25, 0.3) is 0 Å². The van der Waals surface area contributed by atoms with Crippen molar-refractivity contribution >= 4 is 23.2 Å². The molecule has 0 spiro atoms. The van der Waals surface area contributed by atoms with Crippen LogP contribution in [0.25, 0.3) is 0 Å². The maximum absolute atomic E-state index is 11.9. The number of benzene rings is 1. The molecule has 2 atom stereocenters. The van der Waals surface area contributed by atoms with Crippen molar-refractivity contribution in [1.82, 2.24) is 5.32 Å². The van der Waals surface area contributed by atoms with Gasteiger partial charge in [0, 0.05) is 6.04 Å². The Kier molecular flexibility index (Phi) is 5.65. The SMILES string of the molecule is CCC(C)NC(=O)C(C)Nc1cc(C#N)ccc1Cl. The van der Waals surface area contributed by atoms with Gasteiger partial charge in [0.15, 0.2) is 0 Å². The van der Waals surface area contributed by atoms with E-state index in [1.54, 1.807) is 25.1 Å². The molecular weight excluding hydrogens is 262 g/mol. The van der Waals surface area contributed by atoms with Gasteiger partial charge in [-0.3, -0.25) is 4.79 Å². The van der Waals surface area contributed by atoms with Crippen molar-refractivity contribution < 1.29 is 4.79 Å². The third-order valence-corrected chi connectivity index (χ3v) is 3.19. The van der Waals surface area contributed by atoms with E-state index in [0.717, 1.165) is 6.42 Å². The minimum absolute atomic E-state index is 0.0900. The predicted molar refractivity (Wildman–Crippen MR) is 77.1 cm³/mol. The van der Waals surface area contributed by atoms with E-state index in [2.05, 4.69) is 10.6 Å². The quantitative estimate of drug-likeness (QED) is 0.871. The minimum atomic E-state index is -0.416. The van der Waals surface area contributed by atoms with Crippen molar-refractivity contribution in [2.75, 3.05) is 5.32 Å². The number of hydrogen-bond acceptors (Lipinski definition) is 3. The molecule has 5 heteroatoms. The van der Waals surface area contributed by atoms with E-state index in [4.69, 9.17) is 16.9 Å². The van der Waals surface area contributed by atoms with E-state index < -0.39 is 6.04 Å². The van der Waals surface area contributed by atoms with Crippen LogP contribution >= 0.6 is 11.6 Å². The van der Waals surface area contributed by atoms with Gasteiger partial charge in [-0.2, -0.15) is 5.26 Å². The van der Waals surface area contributed by atoms with Gasteiger partial charge in [-0.1, -0.05) is 18.5 Å². The Balaban J connectivity index is 2.74. The van der Waals surface area contributed by atoms with Crippen LogP contribution in [0.4, 0.5) is 5.69 Å². The van der Waals surface area contributed by atoms with Crippen LogP contribution in [-0.2, 0) is 4.79 Å². The molecule has 2 N–H and O–H groups in total. The van der Waals surface area contributed by atoms with E-state index in [-0.39, 0.29) is 11.9 Å². The third-order valence-electron chi connectivity index (χ3n) is 2.86. The largest absolute Gasteiger partial charge is 0.373 e. The Hall–Kier alpha value is -1.73. The third kappa shape index (κ3) is 4.46. The van der Waals surface area contributed by atoms with Crippen LogP contribution in [0, 0.1) is 11.3 Å². The smallest absolute Gasteiger partial charge is 0.242 e. The lowest BCUT2D eigenvalue weighted by molar-refractivity contribution is -0.122. The molecule has 2 unspecified atom stereocenters. The van der Waals surface area contributed by atoms with Crippen molar-refractivity contribution in [2.45, 2.75) is 39.3 Å². The van der Waals surface area contributed by atoms with E-state index >= 15 is 0 Å². The summed E-state index contributed by atoms with van der Waals surface area (Å²) in [4.78, 5) is 11.9. The molecule has 0 aliphatic heterocycles. The minimum Gasteiger partial charge on any atom is -0.373 e. The van der Waals surface area contributed by atoms with E-state index in [9.17, 15) is 4.79 Å². The number of carbonyl (C=O) groups is 1. The maximum Gasteiger partial charge on any atom is 0.242 e. The van der Waals surface area contributed by atoms with Gasteiger partial charge in [0.2, 0.25) is 5.91 Å². The molecular formula is C14H18ClN3O. The lowest BCUT2D eigenvalue weighted by Crippen LogP contribution is -2.41. The monoisotopic (exact) mass is 279 g/mol. The summed E-state index contributed by atoms with van der Waals surface area (Å²) in [6.45, 7) is 5.72. The molecule has 19 heavy (non-hydrogen) atoms. The number of nitrogens with zero attached hydrogens (tertiary/aromatic N) is 1. The molecule has 1 rings (SSSR count). The summed E-state index contributed by atoms with van der Waals surface area (Å²) in [6.07, 6.45) is 0.878. The van der Waals surface area contributed by atoms with Gasteiger partial charge in [-0.15, -0.1) is 0 Å². The fourth-order valence-electron chi connectivity index (χ4n) is 1.47. The lowest BCUT2D eigenvalue weighted by Gasteiger charge is -2.19. The van der Waals surface area contributed by atoms with E-state index in [1.165, 1.54) is 0 Å². The van der Waals surface area contributed by atoms with Crippen LogP contribution in [0.3, 0.4) is 0 Å². The Morgan fingerprint density at radius 2 is 2.16 bits per heavy atom. The second-order valence-electron chi connectivity index (χ2n) is 4.49. The predicted octanol–water partition coefficient (Wildman–Crippen LogP) is 2.93. The average molecular weight is 280 g/mol. The number of amides is 1. The van der Waals surface area contributed by atoms with Gasteiger partial charge >= 0.3 is 0 Å². The second kappa shape index (κ2) is 7.01. The van der Waals surface area contributed by atoms with Crippen molar-refractivity contribution in [1.29, 1.82) is 5.26 Å². The first kappa shape index (κ1) is 15.3. The number of nitriles is 1. The summed E-state index contributed by atoms with van der Waals surface area (Å²) in [5, 5.41) is 15.2. The average Bonchev–Trinajstić information content (AvgIpc) is 2.40. The first-order valence-electron chi connectivity index (χ1n) is 6.24. The zero-order valence-corrected chi connectivity index (χ0v) is 12.1. The summed E-state index contributed by atoms with van der Waals surface area (Å²) in [6, 6.07) is 6.67. The highest BCUT2D eigenvalue weighted by Gasteiger charge is 2.15. The molecule has 102 valence electrons.